The molecule has 0 spiro atoms. The standard InChI is InChI=1S/C14H16FNO4/c1-8(2)20-12-4-3-10(15)6-11(12)16-7-9(14(18)19)5-13(16)17/h3-4,6,8-9H,5,7H2,1-2H3,(H,18,19). The Morgan fingerprint density at radius 1 is 1.50 bits per heavy atom. The predicted molar refractivity (Wildman–Crippen MR) is 70.3 cm³/mol. The average Bonchev–Trinajstić information content (AvgIpc) is 2.73. The molecule has 1 aromatic rings. The van der Waals surface area contributed by atoms with E-state index in [1.54, 1.807) is 0 Å². The van der Waals surface area contributed by atoms with Gasteiger partial charge in [-0.25, -0.2) is 4.39 Å². The van der Waals surface area contributed by atoms with Crippen LogP contribution >= 0.6 is 0 Å². The maximum atomic E-state index is 13.4. The van der Waals surface area contributed by atoms with Gasteiger partial charge in [0.15, 0.2) is 0 Å². The van der Waals surface area contributed by atoms with Crippen LogP contribution < -0.4 is 9.64 Å². The van der Waals surface area contributed by atoms with E-state index in [9.17, 15) is 14.0 Å². The Morgan fingerprint density at radius 2 is 2.20 bits per heavy atom. The van der Waals surface area contributed by atoms with Crippen LogP contribution in [0.3, 0.4) is 0 Å². The van der Waals surface area contributed by atoms with Crippen molar-refractivity contribution in [1.82, 2.24) is 0 Å². The normalized spacial score (nSPS) is 18.7. The number of hydrogen-bond acceptors (Lipinski definition) is 3. The molecule has 1 saturated heterocycles. The number of halogens is 1. The molecule has 1 unspecified atom stereocenters. The van der Waals surface area contributed by atoms with Crippen molar-refractivity contribution in [3.63, 3.8) is 0 Å². The Morgan fingerprint density at radius 3 is 2.75 bits per heavy atom. The molecule has 1 aromatic carbocycles. The Balaban J connectivity index is 2.34. The second kappa shape index (κ2) is 5.48. The van der Waals surface area contributed by atoms with Crippen molar-refractivity contribution in [2.75, 3.05) is 11.4 Å². The van der Waals surface area contributed by atoms with Crippen LogP contribution in [-0.2, 0) is 9.59 Å². The summed E-state index contributed by atoms with van der Waals surface area (Å²) in [6, 6.07) is 3.89. The van der Waals surface area contributed by atoms with Gasteiger partial charge in [-0.2, -0.15) is 0 Å². The highest BCUT2D eigenvalue weighted by Crippen LogP contribution is 2.34. The van der Waals surface area contributed by atoms with E-state index in [1.165, 1.54) is 23.1 Å². The van der Waals surface area contributed by atoms with Crippen LogP contribution in [0.15, 0.2) is 18.2 Å². The molecular formula is C14H16FNO4. The van der Waals surface area contributed by atoms with Gasteiger partial charge in [0.25, 0.3) is 0 Å². The van der Waals surface area contributed by atoms with Crippen LogP contribution in [0, 0.1) is 11.7 Å². The predicted octanol–water partition coefficient (Wildman–Crippen LogP) is 2.05. The molecule has 5 nitrogen and oxygen atoms in total. The van der Waals surface area contributed by atoms with Crippen molar-refractivity contribution in [2.24, 2.45) is 5.92 Å². The Labute approximate surface area is 116 Å². The highest BCUT2D eigenvalue weighted by atomic mass is 19.1. The first kappa shape index (κ1) is 14.3. The number of rotatable bonds is 4. The molecule has 1 amide bonds. The molecule has 0 aromatic heterocycles. The number of carboxylic acids is 1. The van der Waals surface area contributed by atoms with Crippen molar-refractivity contribution in [2.45, 2.75) is 26.4 Å². The van der Waals surface area contributed by atoms with Crippen molar-refractivity contribution in [3.8, 4) is 5.75 Å². The van der Waals surface area contributed by atoms with Crippen LogP contribution in [0.4, 0.5) is 10.1 Å². The summed E-state index contributed by atoms with van der Waals surface area (Å²) in [4.78, 5) is 24.2. The lowest BCUT2D eigenvalue weighted by atomic mass is 10.1. The van der Waals surface area contributed by atoms with Crippen LogP contribution in [0.5, 0.6) is 5.75 Å². The molecule has 1 aliphatic rings. The maximum absolute atomic E-state index is 13.4. The SMILES string of the molecule is CC(C)Oc1ccc(F)cc1N1CC(C(=O)O)CC1=O. The Bertz CT molecular complexity index is 544. The molecule has 0 bridgehead atoms. The number of carbonyl (C=O) groups is 2. The van der Waals surface area contributed by atoms with E-state index < -0.39 is 17.7 Å². The topological polar surface area (TPSA) is 66.8 Å². The molecular weight excluding hydrogens is 265 g/mol. The number of amides is 1. The first-order valence-electron chi connectivity index (χ1n) is 6.38. The maximum Gasteiger partial charge on any atom is 0.308 e. The number of carboxylic acid groups (broad SMARTS) is 1. The minimum Gasteiger partial charge on any atom is -0.489 e. The second-order valence-corrected chi connectivity index (χ2v) is 5.02. The third-order valence-electron chi connectivity index (χ3n) is 3.05. The fourth-order valence-electron chi connectivity index (χ4n) is 2.16. The zero-order valence-electron chi connectivity index (χ0n) is 11.3. The van der Waals surface area contributed by atoms with Gasteiger partial charge in [-0.1, -0.05) is 0 Å². The number of aliphatic carboxylic acids is 1. The van der Waals surface area contributed by atoms with Gasteiger partial charge in [0.05, 0.1) is 17.7 Å². The lowest BCUT2D eigenvalue weighted by molar-refractivity contribution is -0.141. The van der Waals surface area contributed by atoms with E-state index in [4.69, 9.17) is 9.84 Å². The number of benzene rings is 1. The quantitative estimate of drug-likeness (QED) is 0.917. The molecule has 0 aliphatic carbocycles. The van der Waals surface area contributed by atoms with E-state index in [1.807, 2.05) is 13.8 Å². The summed E-state index contributed by atoms with van der Waals surface area (Å²) in [5.74, 6) is -2.25. The lowest BCUT2D eigenvalue weighted by Gasteiger charge is -2.21. The summed E-state index contributed by atoms with van der Waals surface area (Å²) < 4.78 is 19.0. The molecule has 1 atom stereocenters. The highest BCUT2D eigenvalue weighted by Gasteiger charge is 2.36. The molecule has 20 heavy (non-hydrogen) atoms. The van der Waals surface area contributed by atoms with E-state index in [0.29, 0.717) is 5.75 Å². The van der Waals surface area contributed by atoms with Gasteiger partial charge in [0.1, 0.15) is 11.6 Å². The molecule has 2 rings (SSSR count). The van der Waals surface area contributed by atoms with E-state index in [2.05, 4.69) is 0 Å². The zero-order valence-corrected chi connectivity index (χ0v) is 11.3. The summed E-state index contributed by atoms with van der Waals surface area (Å²) in [6.45, 7) is 3.67. The third-order valence-corrected chi connectivity index (χ3v) is 3.05. The number of ether oxygens (including phenoxy) is 1. The van der Waals surface area contributed by atoms with Crippen LogP contribution in [-0.4, -0.2) is 29.6 Å². The van der Waals surface area contributed by atoms with E-state index >= 15 is 0 Å². The van der Waals surface area contributed by atoms with Gasteiger partial charge >= 0.3 is 5.97 Å². The number of nitrogens with zero attached hydrogens (tertiary/aromatic N) is 1. The first-order chi connectivity index (χ1) is 9.38. The minimum absolute atomic E-state index is 0.0338. The summed E-state index contributed by atoms with van der Waals surface area (Å²) in [5, 5.41) is 8.98. The largest absolute Gasteiger partial charge is 0.489 e. The Kier molecular flexibility index (Phi) is 3.92. The smallest absolute Gasteiger partial charge is 0.308 e. The molecule has 1 aliphatic heterocycles. The van der Waals surface area contributed by atoms with Crippen molar-refractivity contribution < 1.29 is 23.8 Å². The highest BCUT2D eigenvalue weighted by molar-refractivity contribution is 6.00. The monoisotopic (exact) mass is 281 g/mol. The fourth-order valence-corrected chi connectivity index (χ4v) is 2.16. The molecule has 1 heterocycles. The average molecular weight is 281 g/mol. The fraction of sp³-hybridized carbons (Fsp3) is 0.429. The molecule has 1 N–H and O–H groups in total. The number of carbonyl (C=O) groups excluding carboxylic acids is 1. The molecule has 0 saturated carbocycles. The third kappa shape index (κ3) is 2.89. The molecule has 108 valence electrons. The van der Waals surface area contributed by atoms with Crippen molar-refractivity contribution in [3.05, 3.63) is 24.0 Å². The van der Waals surface area contributed by atoms with Crippen molar-refractivity contribution in [1.29, 1.82) is 0 Å². The van der Waals surface area contributed by atoms with Gasteiger partial charge in [0, 0.05) is 19.0 Å². The zero-order chi connectivity index (χ0) is 14.9. The van der Waals surface area contributed by atoms with Gasteiger partial charge in [-0.05, 0) is 26.0 Å². The van der Waals surface area contributed by atoms with Gasteiger partial charge < -0.3 is 14.7 Å². The summed E-state index contributed by atoms with van der Waals surface area (Å²) in [5.41, 5.74) is 0.285. The van der Waals surface area contributed by atoms with Crippen LogP contribution in [0.1, 0.15) is 20.3 Å². The molecule has 1 fully saturated rings. The Hall–Kier alpha value is -2.11. The van der Waals surface area contributed by atoms with Crippen LogP contribution in [0.2, 0.25) is 0 Å². The summed E-state index contributed by atoms with van der Waals surface area (Å²) in [6.07, 6.45) is -0.209. The first-order valence-corrected chi connectivity index (χ1v) is 6.38. The van der Waals surface area contributed by atoms with Gasteiger partial charge in [-0.15, -0.1) is 0 Å². The number of anilines is 1. The molecule has 0 radical (unpaired) electrons. The second-order valence-electron chi connectivity index (χ2n) is 5.02. The van der Waals surface area contributed by atoms with Crippen LogP contribution in [0.25, 0.3) is 0 Å². The lowest BCUT2D eigenvalue weighted by Crippen LogP contribution is -2.26. The summed E-state index contributed by atoms with van der Waals surface area (Å²) in [7, 11) is 0. The van der Waals surface area contributed by atoms with Gasteiger partial charge in [-0.3, -0.25) is 9.59 Å². The van der Waals surface area contributed by atoms with E-state index in [0.717, 1.165) is 0 Å². The molecule has 6 heteroatoms. The summed E-state index contributed by atoms with van der Waals surface area (Å²) >= 11 is 0. The van der Waals surface area contributed by atoms with Crippen molar-refractivity contribution >= 4 is 17.6 Å². The van der Waals surface area contributed by atoms with E-state index in [-0.39, 0.29) is 30.7 Å². The van der Waals surface area contributed by atoms with Gasteiger partial charge in [0.2, 0.25) is 5.91 Å². The minimum atomic E-state index is -1.02. The number of hydrogen-bond donors (Lipinski definition) is 1.